The molecule has 4 N–H and O–H groups in total. The van der Waals surface area contributed by atoms with Crippen LogP contribution in [0.5, 0.6) is 0 Å². The largest absolute Gasteiger partial charge is 0.382 e. The summed E-state index contributed by atoms with van der Waals surface area (Å²) >= 11 is 2.17. The number of hydrogen-bond acceptors (Lipinski definition) is 6. The number of hydrogen-bond donors (Lipinski definition) is 3. The molecule has 2 aromatic heterocycles. The number of nitrogens with two attached hydrogens (primary N) is 1. The summed E-state index contributed by atoms with van der Waals surface area (Å²) in [5, 5.41) is 6.06. The van der Waals surface area contributed by atoms with Crippen molar-refractivity contribution in [3.63, 3.8) is 0 Å². The Bertz CT molecular complexity index is 1210. The van der Waals surface area contributed by atoms with Crippen molar-refractivity contribution in [2.24, 2.45) is 0 Å². The van der Waals surface area contributed by atoms with Crippen LogP contribution >= 0.6 is 22.6 Å². The fraction of sp³-hybridized carbons (Fsp3) is 0.458. The van der Waals surface area contributed by atoms with Crippen LogP contribution in [0.15, 0.2) is 24.4 Å². The first-order valence-corrected chi connectivity index (χ1v) is 13.3. The van der Waals surface area contributed by atoms with Gasteiger partial charge in [0.25, 0.3) is 17.6 Å². The van der Waals surface area contributed by atoms with Crippen LogP contribution in [0.25, 0.3) is 11.0 Å². The van der Waals surface area contributed by atoms with Crippen molar-refractivity contribution in [1.82, 2.24) is 30.1 Å². The summed E-state index contributed by atoms with van der Waals surface area (Å²) in [6.07, 6.45) is 2.47. The number of imidazole rings is 1. The molecule has 10 nitrogen and oxygen atoms in total. The molecule has 1 aromatic carbocycles. The van der Waals surface area contributed by atoms with E-state index in [2.05, 4.69) is 66.2 Å². The Kier molecular flexibility index (Phi) is 9.38. The molecule has 0 spiro atoms. The van der Waals surface area contributed by atoms with E-state index in [4.69, 9.17) is 5.73 Å². The van der Waals surface area contributed by atoms with E-state index in [0.717, 1.165) is 36.4 Å². The van der Waals surface area contributed by atoms with Gasteiger partial charge in [-0.1, -0.05) is 22.6 Å². The molecule has 0 saturated heterocycles. The van der Waals surface area contributed by atoms with Gasteiger partial charge in [-0.25, -0.2) is 19.1 Å². The second kappa shape index (κ2) is 12.2. The highest BCUT2D eigenvalue weighted by Gasteiger charge is 2.26. The minimum absolute atomic E-state index is 0.00560. The Balaban J connectivity index is 1.90. The second-order valence-electron chi connectivity index (χ2n) is 8.20. The molecule has 188 valence electrons. The molecule has 0 bridgehead atoms. The first-order chi connectivity index (χ1) is 16.9. The van der Waals surface area contributed by atoms with Crippen LogP contribution in [-0.2, 0) is 24.1 Å². The first-order valence-electron chi connectivity index (χ1n) is 11.8. The Morgan fingerprint density at radius 2 is 2.06 bits per heavy atom. The van der Waals surface area contributed by atoms with E-state index in [1.807, 2.05) is 32.3 Å². The van der Waals surface area contributed by atoms with E-state index < -0.39 is 0 Å². The maximum atomic E-state index is 13.0. The highest BCUT2D eigenvalue weighted by Crippen LogP contribution is 2.19. The van der Waals surface area contributed by atoms with E-state index >= 15 is 0 Å². The maximum Gasteiger partial charge on any atom is 0.277 e. The van der Waals surface area contributed by atoms with Crippen molar-refractivity contribution in [2.45, 2.75) is 44.3 Å². The van der Waals surface area contributed by atoms with Crippen molar-refractivity contribution in [2.75, 3.05) is 32.9 Å². The molecule has 0 saturated carbocycles. The lowest BCUT2D eigenvalue weighted by molar-refractivity contribution is -0.676. The summed E-state index contributed by atoms with van der Waals surface area (Å²) in [6, 6.07) is 5.80. The SMILES string of the molecule is CCn1c(CNC(=O)c2nc(CI)cnc2N)[n+](CC)c2ccc(C(=O)N(C)CCCNC)cc21. The van der Waals surface area contributed by atoms with Gasteiger partial charge in [0.1, 0.15) is 6.54 Å². The summed E-state index contributed by atoms with van der Waals surface area (Å²) in [6.45, 7) is 7.36. The third kappa shape index (κ3) is 5.89. The maximum absolute atomic E-state index is 13.0. The molecule has 0 radical (unpaired) electrons. The van der Waals surface area contributed by atoms with Crippen molar-refractivity contribution in [3.05, 3.63) is 47.2 Å². The number of alkyl halides is 1. The summed E-state index contributed by atoms with van der Waals surface area (Å²) in [5.74, 6) is 0.671. The third-order valence-electron chi connectivity index (χ3n) is 5.94. The summed E-state index contributed by atoms with van der Waals surface area (Å²) in [7, 11) is 3.73. The highest BCUT2D eigenvalue weighted by atomic mass is 127. The number of halogens is 1. The fourth-order valence-electron chi connectivity index (χ4n) is 4.15. The molecule has 2 heterocycles. The quantitative estimate of drug-likeness (QED) is 0.135. The predicted octanol–water partition coefficient (Wildman–Crippen LogP) is 1.89. The van der Waals surface area contributed by atoms with E-state index in [1.165, 1.54) is 0 Å². The van der Waals surface area contributed by atoms with Crippen LogP contribution in [0.2, 0.25) is 0 Å². The highest BCUT2D eigenvalue weighted by molar-refractivity contribution is 14.1. The number of amides is 2. The lowest BCUT2D eigenvalue weighted by atomic mass is 10.1. The van der Waals surface area contributed by atoms with Gasteiger partial charge < -0.3 is 21.3 Å². The molecule has 0 unspecified atom stereocenters. The van der Waals surface area contributed by atoms with Gasteiger partial charge in [-0.15, -0.1) is 0 Å². The standard InChI is InChI=1S/C24H33IN8O2/c1-5-32-18-9-8-16(24(35)31(4)11-7-10-27-3)12-19(18)33(6-2)20(32)15-29-23(34)21-22(26)28-14-17(13-25)30-21/h8-9,12,14,27H,5-7,10-11,13,15H2,1-4H3,(H2-,26,28,29,34)/p+1. The van der Waals surface area contributed by atoms with E-state index in [1.54, 1.807) is 11.1 Å². The van der Waals surface area contributed by atoms with Gasteiger partial charge in [0.15, 0.2) is 22.5 Å². The van der Waals surface area contributed by atoms with Crippen molar-refractivity contribution >= 4 is 51.3 Å². The smallest absolute Gasteiger partial charge is 0.277 e. The summed E-state index contributed by atoms with van der Waals surface area (Å²) < 4.78 is 4.92. The lowest BCUT2D eigenvalue weighted by Gasteiger charge is -2.16. The number of fused-ring (bicyclic) bond motifs is 1. The molecule has 0 fully saturated rings. The molecule has 0 aliphatic carbocycles. The molecule has 35 heavy (non-hydrogen) atoms. The molecular weight excluding hydrogens is 559 g/mol. The third-order valence-corrected chi connectivity index (χ3v) is 6.72. The van der Waals surface area contributed by atoms with Gasteiger partial charge in [-0.3, -0.25) is 9.59 Å². The number of benzene rings is 1. The number of aryl methyl sites for hydroxylation is 2. The van der Waals surface area contributed by atoms with Crippen LogP contribution in [-0.4, -0.2) is 58.4 Å². The minimum Gasteiger partial charge on any atom is -0.382 e. The normalized spacial score (nSPS) is 11.1. The molecule has 3 aromatic rings. The van der Waals surface area contributed by atoms with Gasteiger partial charge in [0.05, 0.1) is 25.0 Å². The summed E-state index contributed by atoms with van der Waals surface area (Å²) in [5.41, 5.74) is 9.36. The molecule has 0 aliphatic heterocycles. The minimum atomic E-state index is -0.365. The number of nitrogen functional groups attached to an aromatic ring is 1. The van der Waals surface area contributed by atoms with Crippen molar-refractivity contribution < 1.29 is 14.2 Å². The fourth-order valence-corrected chi connectivity index (χ4v) is 4.51. The summed E-state index contributed by atoms with van der Waals surface area (Å²) in [4.78, 5) is 36.1. The Labute approximate surface area is 219 Å². The number of carbonyl (C=O) groups excluding carboxylic acids is 2. The zero-order valence-corrected chi connectivity index (χ0v) is 22.9. The Morgan fingerprint density at radius 1 is 1.29 bits per heavy atom. The first kappa shape index (κ1) is 26.8. The van der Waals surface area contributed by atoms with Crippen LogP contribution in [0.4, 0.5) is 5.82 Å². The zero-order chi connectivity index (χ0) is 25.5. The Morgan fingerprint density at radius 3 is 2.71 bits per heavy atom. The molecule has 2 amide bonds. The molecule has 0 aliphatic rings. The molecule has 11 heteroatoms. The van der Waals surface area contributed by atoms with Crippen molar-refractivity contribution in [3.8, 4) is 0 Å². The Hall–Kier alpha value is -2.80. The topological polar surface area (TPSA) is 122 Å². The number of anilines is 1. The van der Waals surface area contributed by atoms with Crippen LogP contribution in [0.1, 0.15) is 52.6 Å². The number of nitrogens with one attached hydrogen (secondary N) is 2. The number of nitrogens with zero attached hydrogens (tertiary/aromatic N) is 5. The number of carbonyl (C=O) groups is 2. The average Bonchev–Trinajstić information content (AvgIpc) is 3.18. The zero-order valence-electron chi connectivity index (χ0n) is 20.8. The second-order valence-corrected chi connectivity index (χ2v) is 8.97. The van der Waals surface area contributed by atoms with Gasteiger partial charge in [-0.2, -0.15) is 0 Å². The van der Waals surface area contributed by atoms with Crippen LogP contribution in [0, 0.1) is 0 Å². The van der Waals surface area contributed by atoms with E-state index in [-0.39, 0.29) is 29.9 Å². The molecule has 3 rings (SSSR count). The van der Waals surface area contributed by atoms with Gasteiger partial charge >= 0.3 is 0 Å². The van der Waals surface area contributed by atoms with Gasteiger partial charge in [0, 0.05) is 29.6 Å². The van der Waals surface area contributed by atoms with Crippen molar-refractivity contribution in [1.29, 1.82) is 0 Å². The van der Waals surface area contributed by atoms with E-state index in [0.29, 0.717) is 28.8 Å². The van der Waals surface area contributed by atoms with E-state index in [9.17, 15) is 9.59 Å². The lowest BCUT2D eigenvalue weighted by Crippen LogP contribution is -2.40. The van der Waals surface area contributed by atoms with Gasteiger partial charge in [0.2, 0.25) is 0 Å². The molecule has 0 atom stereocenters. The van der Waals surface area contributed by atoms with Gasteiger partial charge in [-0.05, 0) is 46.0 Å². The number of rotatable bonds is 11. The van der Waals surface area contributed by atoms with Crippen LogP contribution in [0.3, 0.4) is 0 Å². The predicted molar refractivity (Wildman–Crippen MR) is 144 cm³/mol. The average molecular weight is 593 g/mol. The number of aromatic nitrogens is 4. The van der Waals surface area contributed by atoms with Crippen LogP contribution < -0.4 is 20.9 Å². The monoisotopic (exact) mass is 593 g/mol. The molecular formula is C24H34IN8O2+.